The van der Waals surface area contributed by atoms with E-state index >= 15 is 0 Å². The zero-order chi connectivity index (χ0) is 13.0. The van der Waals surface area contributed by atoms with Crippen molar-refractivity contribution in [1.82, 2.24) is 4.72 Å². The van der Waals surface area contributed by atoms with Gasteiger partial charge in [-0.3, -0.25) is 4.72 Å². The summed E-state index contributed by atoms with van der Waals surface area (Å²) >= 11 is 0. The van der Waals surface area contributed by atoms with Crippen molar-refractivity contribution in [3.63, 3.8) is 0 Å². The first kappa shape index (κ1) is 15.0. The molecule has 5 nitrogen and oxygen atoms in total. The van der Waals surface area contributed by atoms with Crippen molar-refractivity contribution in [2.75, 3.05) is 6.61 Å². The molecule has 6 heteroatoms. The fourth-order valence-electron chi connectivity index (χ4n) is 0.755. The van der Waals surface area contributed by atoms with Crippen molar-refractivity contribution in [3.05, 3.63) is 11.8 Å². The molecule has 0 aromatic rings. The van der Waals surface area contributed by atoms with Gasteiger partial charge in [0.15, 0.2) is 0 Å². The van der Waals surface area contributed by atoms with Gasteiger partial charge in [-0.25, -0.2) is 13.2 Å². The summed E-state index contributed by atoms with van der Waals surface area (Å²) in [6.07, 6.45) is 1.12. The van der Waals surface area contributed by atoms with Crippen LogP contribution >= 0.6 is 0 Å². The summed E-state index contributed by atoms with van der Waals surface area (Å²) in [5, 5.41) is 0. The zero-order valence-corrected chi connectivity index (χ0v) is 11.1. The van der Waals surface area contributed by atoms with Gasteiger partial charge in [-0.1, -0.05) is 0 Å². The number of sulfonamides is 1. The summed E-state index contributed by atoms with van der Waals surface area (Å²) in [4.78, 5) is 11.1. The molecule has 0 aliphatic carbocycles. The first-order valence-electron chi connectivity index (χ1n) is 4.97. The quantitative estimate of drug-likeness (QED) is 0.599. The van der Waals surface area contributed by atoms with Gasteiger partial charge >= 0.3 is 5.97 Å². The van der Waals surface area contributed by atoms with Crippen LogP contribution in [-0.4, -0.2) is 25.7 Å². The molecular formula is C10H19NO4S. The maximum Gasteiger partial charge on any atom is 0.332 e. The lowest BCUT2D eigenvalue weighted by atomic mass is 10.3. The highest BCUT2D eigenvalue weighted by atomic mass is 32.2. The van der Waals surface area contributed by atoms with Crippen molar-refractivity contribution in [2.45, 2.75) is 39.4 Å². The van der Waals surface area contributed by atoms with Gasteiger partial charge in [-0.05, 0) is 34.6 Å². The number of carbonyl (C=O) groups excluding carboxylic acids is 1. The smallest absolute Gasteiger partial charge is 0.332 e. The molecule has 0 unspecified atom stereocenters. The van der Waals surface area contributed by atoms with E-state index in [1.807, 2.05) is 0 Å². The molecule has 0 atom stereocenters. The highest BCUT2D eigenvalue weighted by molar-refractivity contribution is 7.90. The molecule has 16 heavy (non-hydrogen) atoms. The second kappa shape index (κ2) is 5.34. The summed E-state index contributed by atoms with van der Waals surface area (Å²) < 4.78 is 29.5. The van der Waals surface area contributed by atoms with Crippen LogP contribution in [0.2, 0.25) is 0 Å². The molecule has 94 valence electrons. The maximum absolute atomic E-state index is 11.7. The van der Waals surface area contributed by atoms with Crippen molar-refractivity contribution in [1.29, 1.82) is 0 Å². The van der Waals surface area contributed by atoms with Crippen LogP contribution in [-0.2, 0) is 19.6 Å². The van der Waals surface area contributed by atoms with Crippen LogP contribution in [0.15, 0.2) is 11.8 Å². The highest BCUT2D eigenvalue weighted by Gasteiger charge is 2.28. The number of nitrogens with one attached hydrogen (secondary N) is 1. The van der Waals surface area contributed by atoms with Crippen LogP contribution in [0.4, 0.5) is 0 Å². The molecule has 0 saturated carbocycles. The van der Waals surface area contributed by atoms with Gasteiger partial charge in [-0.15, -0.1) is 0 Å². The van der Waals surface area contributed by atoms with E-state index in [2.05, 4.69) is 9.46 Å². The van der Waals surface area contributed by atoms with E-state index in [9.17, 15) is 13.2 Å². The van der Waals surface area contributed by atoms with E-state index < -0.39 is 20.7 Å². The topological polar surface area (TPSA) is 72.5 Å². The molecule has 1 N–H and O–H groups in total. The number of hydrogen-bond acceptors (Lipinski definition) is 4. The SMILES string of the molecule is CCOC(=O)/C=C(/C)NS(=O)(=O)C(C)(C)C. The Kier molecular flexibility index (Phi) is 4.99. The number of esters is 1. The second-order valence-corrected chi connectivity index (χ2v) is 6.73. The second-order valence-electron chi connectivity index (χ2n) is 4.30. The standard InChI is InChI=1S/C10H19NO4S/c1-6-15-9(12)7-8(2)11-16(13,14)10(3,4)5/h7,11H,6H2,1-5H3/b8-7-. The average Bonchev–Trinajstić information content (AvgIpc) is 1.99. The average molecular weight is 249 g/mol. The summed E-state index contributed by atoms with van der Waals surface area (Å²) in [6.45, 7) is 8.17. The van der Waals surface area contributed by atoms with E-state index in [-0.39, 0.29) is 12.3 Å². The number of hydrogen-bond donors (Lipinski definition) is 1. The Morgan fingerprint density at radius 2 is 1.88 bits per heavy atom. The molecule has 0 saturated heterocycles. The van der Waals surface area contributed by atoms with Crippen molar-refractivity contribution >= 4 is 16.0 Å². The molecule has 0 bridgehead atoms. The van der Waals surface area contributed by atoms with Crippen molar-refractivity contribution in [2.24, 2.45) is 0 Å². The van der Waals surface area contributed by atoms with Crippen LogP contribution in [0.5, 0.6) is 0 Å². The Morgan fingerprint density at radius 3 is 2.25 bits per heavy atom. The molecule has 0 aromatic carbocycles. The van der Waals surface area contributed by atoms with Gasteiger partial charge in [0.25, 0.3) is 0 Å². The molecule has 0 fully saturated rings. The summed E-state index contributed by atoms with van der Waals surface area (Å²) in [5.74, 6) is -0.559. The first-order chi connectivity index (χ1) is 7.10. The number of ether oxygens (including phenoxy) is 1. The molecule has 0 aliphatic heterocycles. The monoisotopic (exact) mass is 249 g/mol. The van der Waals surface area contributed by atoms with E-state index in [1.54, 1.807) is 27.7 Å². The summed E-state index contributed by atoms with van der Waals surface area (Å²) in [6, 6.07) is 0. The lowest BCUT2D eigenvalue weighted by Crippen LogP contribution is -2.38. The normalized spacial score (nSPS) is 13.4. The van der Waals surface area contributed by atoms with Crippen LogP contribution in [0.1, 0.15) is 34.6 Å². The minimum Gasteiger partial charge on any atom is -0.463 e. The largest absolute Gasteiger partial charge is 0.463 e. The molecule has 0 spiro atoms. The van der Waals surface area contributed by atoms with E-state index in [4.69, 9.17) is 0 Å². The molecular weight excluding hydrogens is 230 g/mol. The Morgan fingerprint density at radius 1 is 1.38 bits per heavy atom. The van der Waals surface area contributed by atoms with Gasteiger partial charge < -0.3 is 4.74 Å². The molecule has 0 heterocycles. The third kappa shape index (κ3) is 4.65. The van der Waals surface area contributed by atoms with Gasteiger partial charge in [0, 0.05) is 11.8 Å². The highest BCUT2D eigenvalue weighted by Crippen LogP contribution is 2.14. The Hall–Kier alpha value is -1.04. The van der Waals surface area contributed by atoms with E-state index in [0.29, 0.717) is 0 Å². The van der Waals surface area contributed by atoms with Crippen molar-refractivity contribution < 1.29 is 17.9 Å². The van der Waals surface area contributed by atoms with Crippen LogP contribution in [0.3, 0.4) is 0 Å². The molecule has 0 amide bonds. The summed E-state index contributed by atoms with van der Waals surface area (Å²) in [5.41, 5.74) is 0.244. The van der Waals surface area contributed by atoms with Crippen LogP contribution in [0.25, 0.3) is 0 Å². The van der Waals surface area contributed by atoms with Gasteiger partial charge in [-0.2, -0.15) is 0 Å². The molecule has 0 radical (unpaired) electrons. The number of allylic oxidation sites excluding steroid dienone is 1. The van der Waals surface area contributed by atoms with Gasteiger partial charge in [0.2, 0.25) is 10.0 Å². The zero-order valence-electron chi connectivity index (χ0n) is 10.3. The van der Waals surface area contributed by atoms with E-state index in [1.165, 1.54) is 6.92 Å². The summed E-state index contributed by atoms with van der Waals surface area (Å²) in [7, 11) is -3.48. The third-order valence-corrected chi connectivity index (χ3v) is 3.93. The molecule has 0 aromatic heterocycles. The van der Waals surface area contributed by atoms with Crippen molar-refractivity contribution in [3.8, 4) is 0 Å². The Labute approximate surface area is 96.9 Å². The van der Waals surface area contributed by atoms with Gasteiger partial charge in [0.05, 0.1) is 11.4 Å². The lowest BCUT2D eigenvalue weighted by molar-refractivity contribution is -0.137. The molecule has 0 rings (SSSR count). The minimum atomic E-state index is -3.48. The Bertz CT molecular complexity index is 376. The maximum atomic E-state index is 11.7. The number of rotatable bonds is 4. The third-order valence-electron chi connectivity index (χ3n) is 1.72. The van der Waals surface area contributed by atoms with E-state index in [0.717, 1.165) is 6.08 Å². The number of carbonyl (C=O) groups is 1. The van der Waals surface area contributed by atoms with Crippen LogP contribution < -0.4 is 4.72 Å². The van der Waals surface area contributed by atoms with Crippen LogP contribution in [0, 0.1) is 0 Å². The minimum absolute atomic E-state index is 0.244. The van der Waals surface area contributed by atoms with Gasteiger partial charge in [0.1, 0.15) is 0 Å². The molecule has 0 aliphatic rings. The fraction of sp³-hybridized carbons (Fsp3) is 0.700. The fourth-order valence-corrected chi connectivity index (χ4v) is 1.54. The first-order valence-corrected chi connectivity index (χ1v) is 6.46. The lowest BCUT2D eigenvalue weighted by Gasteiger charge is -2.20. The predicted octanol–water partition coefficient (Wildman–Crippen LogP) is 1.17. The predicted molar refractivity (Wildman–Crippen MR) is 62.2 cm³/mol. The Balaban J connectivity index is 4.70.